The number of nitrogens with zero attached hydrogens (tertiary/aromatic N) is 3. The van der Waals surface area contributed by atoms with Crippen LogP contribution in [0, 0.1) is 5.82 Å². The molecular weight excluding hydrogens is 273 g/mol. The molecule has 2 aromatic rings. The summed E-state index contributed by atoms with van der Waals surface area (Å²) in [4.78, 5) is 19.3. The van der Waals surface area contributed by atoms with Crippen molar-refractivity contribution >= 4 is 5.91 Å². The molecule has 0 spiro atoms. The van der Waals surface area contributed by atoms with Gasteiger partial charge in [0.15, 0.2) is 0 Å². The van der Waals surface area contributed by atoms with Crippen LogP contribution in [-0.2, 0) is 11.3 Å². The molecule has 112 valence electrons. The van der Waals surface area contributed by atoms with Gasteiger partial charge in [-0.25, -0.2) is 9.37 Å². The van der Waals surface area contributed by atoms with E-state index in [-0.39, 0.29) is 11.7 Å². The second kappa shape index (κ2) is 6.49. The highest BCUT2D eigenvalue weighted by Crippen LogP contribution is 2.19. The van der Waals surface area contributed by atoms with E-state index in [0.717, 1.165) is 0 Å². The molecule has 0 N–H and O–H groups in total. The van der Waals surface area contributed by atoms with E-state index in [0.29, 0.717) is 30.2 Å². The highest BCUT2D eigenvalue weighted by atomic mass is 19.1. The van der Waals surface area contributed by atoms with Crippen molar-refractivity contribution in [3.8, 4) is 11.5 Å². The number of amides is 1. The molecule has 1 aromatic carbocycles. The fourth-order valence-electron chi connectivity index (χ4n) is 1.84. The molecule has 0 atom stereocenters. The third kappa shape index (κ3) is 4.13. The van der Waals surface area contributed by atoms with Crippen molar-refractivity contribution in [2.75, 3.05) is 27.7 Å². The number of carbonyl (C=O) groups excluding carboxylic acids is 1. The molecule has 0 aliphatic carbocycles. The minimum atomic E-state index is -0.332. The van der Waals surface area contributed by atoms with Crippen molar-refractivity contribution in [3.63, 3.8) is 0 Å². The summed E-state index contributed by atoms with van der Waals surface area (Å²) in [6.45, 7) is 0.785. The maximum Gasteiger partial charge on any atom is 0.236 e. The van der Waals surface area contributed by atoms with Gasteiger partial charge in [0, 0.05) is 26.2 Å². The number of aromatic nitrogens is 1. The molecule has 0 aliphatic heterocycles. The predicted octanol–water partition coefficient (Wildman–Crippen LogP) is 2.00. The van der Waals surface area contributed by atoms with Gasteiger partial charge in [0.25, 0.3) is 0 Å². The fourth-order valence-corrected chi connectivity index (χ4v) is 1.84. The maximum absolute atomic E-state index is 13.2. The topological polar surface area (TPSA) is 49.6 Å². The van der Waals surface area contributed by atoms with Crippen molar-refractivity contribution in [1.29, 1.82) is 0 Å². The van der Waals surface area contributed by atoms with Gasteiger partial charge in [0.1, 0.15) is 12.1 Å². The maximum atomic E-state index is 13.2. The molecular formula is C15H18FN3O2. The van der Waals surface area contributed by atoms with Crippen LogP contribution in [0.15, 0.2) is 34.9 Å². The zero-order chi connectivity index (χ0) is 15.4. The molecule has 6 heteroatoms. The number of hydrogen-bond acceptors (Lipinski definition) is 4. The Morgan fingerprint density at radius 1 is 1.33 bits per heavy atom. The van der Waals surface area contributed by atoms with Crippen LogP contribution in [0.5, 0.6) is 0 Å². The summed E-state index contributed by atoms with van der Waals surface area (Å²) < 4.78 is 18.5. The van der Waals surface area contributed by atoms with Gasteiger partial charge in [0.05, 0.1) is 12.2 Å². The van der Waals surface area contributed by atoms with Gasteiger partial charge in [-0.3, -0.25) is 9.69 Å². The third-order valence-electron chi connectivity index (χ3n) is 2.96. The summed E-state index contributed by atoms with van der Waals surface area (Å²) in [7, 11) is 5.26. The molecule has 1 heterocycles. The summed E-state index contributed by atoms with van der Waals surface area (Å²) in [5, 5.41) is 0. The molecule has 0 fully saturated rings. The lowest BCUT2D eigenvalue weighted by Gasteiger charge is -2.17. The predicted molar refractivity (Wildman–Crippen MR) is 76.9 cm³/mol. The average Bonchev–Trinajstić information content (AvgIpc) is 2.86. The van der Waals surface area contributed by atoms with E-state index >= 15 is 0 Å². The van der Waals surface area contributed by atoms with Crippen LogP contribution in [0.3, 0.4) is 0 Å². The monoisotopic (exact) mass is 291 g/mol. The number of carbonyl (C=O) groups is 1. The van der Waals surface area contributed by atoms with E-state index in [4.69, 9.17) is 4.42 Å². The van der Waals surface area contributed by atoms with E-state index in [1.807, 2.05) is 11.9 Å². The largest absolute Gasteiger partial charge is 0.444 e. The van der Waals surface area contributed by atoms with Gasteiger partial charge in [-0.05, 0) is 25.2 Å². The zero-order valence-electron chi connectivity index (χ0n) is 12.3. The molecule has 0 radical (unpaired) electrons. The van der Waals surface area contributed by atoms with E-state index in [9.17, 15) is 9.18 Å². The summed E-state index contributed by atoms with van der Waals surface area (Å²) in [6.07, 6.45) is 1.52. The normalized spacial score (nSPS) is 10.9. The Balaban J connectivity index is 2.02. The Kier molecular flexibility index (Phi) is 4.70. The zero-order valence-corrected chi connectivity index (χ0v) is 12.3. The molecule has 0 unspecified atom stereocenters. The highest BCUT2D eigenvalue weighted by molar-refractivity contribution is 5.77. The Labute approximate surface area is 123 Å². The average molecular weight is 291 g/mol. The molecule has 5 nitrogen and oxygen atoms in total. The Morgan fingerprint density at radius 3 is 2.76 bits per heavy atom. The lowest BCUT2D eigenvalue weighted by molar-refractivity contribution is -0.129. The highest BCUT2D eigenvalue weighted by Gasteiger charge is 2.12. The lowest BCUT2D eigenvalue weighted by atomic mass is 10.2. The van der Waals surface area contributed by atoms with Crippen molar-refractivity contribution in [1.82, 2.24) is 14.8 Å². The van der Waals surface area contributed by atoms with Crippen LogP contribution in [0.4, 0.5) is 4.39 Å². The number of likely N-dealkylation sites (N-methyl/N-ethyl adjacent to an activating group) is 2. The number of oxazole rings is 1. The van der Waals surface area contributed by atoms with Crippen LogP contribution in [-0.4, -0.2) is 48.4 Å². The summed E-state index contributed by atoms with van der Waals surface area (Å²) >= 11 is 0. The number of hydrogen-bond donors (Lipinski definition) is 0. The first-order valence-corrected chi connectivity index (χ1v) is 6.54. The molecule has 1 amide bonds. The quantitative estimate of drug-likeness (QED) is 0.845. The molecule has 0 aliphatic rings. The molecule has 2 rings (SSSR count). The number of halogens is 1. The second-order valence-electron chi connectivity index (χ2n) is 5.11. The van der Waals surface area contributed by atoms with Crippen LogP contribution in [0.2, 0.25) is 0 Å². The van der Waals surface area contributed by atoms with Gasteiger partial charge in [-0.15, -0.1) is 0 Å². The Bertz CT molecular complexity index is 625. The van der Waals surface area contributed by atoms with E-state index < -0.39 is 0 Å². The lowest BCUT2D eigenvalue weighted by Crippen LogP contribution is -2.34. The van der Waals surface area contributed by atoms with Crippen LogP contribution < -0.4 is 0 Å². The Hall–Kier alpha value is -2.21. The number of rotatable bonds is 5. The van der Waals surface area contributed by atoms with Crippen molar-refractivity contribution in [2.24, 2.45) is 0 Å². The van der Waals surface area contributed by atoms with Crippen molar-refractivity contribution in [3.05, 3.63) is 42.0 Å². The first kappa shape index (κ1) is 15.2. The van der Waals surface area contributed by atoms with Gasteiger partial charge >= 0.3 is 0 Å². The summed E-state index contributed by atoms with van der Waals surface area (Å²) in [5.41, 5.74) is 1.29. The first-order valence-electron chi connectivity index (χ1n) is 6.54. The van der Waals surface area contributed by atoms with E-state index in [1.165, 1.54) is 23.3 Å². The Morgan fingerprint density at radius 2 is 2.10 bits per heavy atom. The van der Waals surface area contributed by atoms with Crippen LogP contribution in [0.1, 0.15) is 5.69 Å². The van der Waals surface area contributed by atoms with Crippen molar-refractivity contribution < 1.29 is 13.6 Å². The van der Waals surface area contributed by atoms with Gasteiger partial charge < -0.3 is 9.32 Å². The number of benzene rings is 1. The van der Waals surface area contributed by atoms with E-state index in [2.05, 4.69) is 4.98 Å². The molecule has 0 bridgehead atoms. The van der Waals surface area contributed by atoms with Gasteiger partial charge in [-0.1, -0.05) is 6.07 Å². The molecule has 0 saturated carbocycles. The van der Waals surface area contributed by atoms with Crippen LogP contribution >= 0.6 is 0 Å². The third-order valence-corrected chi connectivity index (χ3v) is 2.96. The summed E-state index contributed by atoms with van der Waals surface area (Å²) in [6, 6.07) is 6.08. The standard InChI is InChI=1S/C15H18FN3O2/c1-18(2)14(20)9-19(3)8-13-10-21-15(17-13)11-5-4-6-12(16)7-11/h4-7,10H,8-9H2,1-3H3. The smallest absolute Gasteiger partial charge is 0.236 e. The summed E-state index contributed by atoms with van der Waals surface area (Å²) in [5.74, 6) is 0.0594. The molecule has 1 aromatic heterocycles. The van der Waals surface area contributed by atoms with Gasteiger partial charge in [0.2, 0.25) is 11.8 Å². The fraction of sp³-hybridized carbons (Fsp3) is 0.333. The van der Waals surface area contributed by atoms with Crippen molar-refractivity contribution in [2.45, 2.75) is 6.54 Å². The second-order valence-corrected chi connectivity index (χ2v) is 5.11. The molecule has 0 saturated heterocycles. The van der Waals surface area contributed by atoms with Crippen LogP contribution in [0.25, 0.3) is 11.5 Å². The van der Waals surface area contributed by atoms with E-state index in [1.54, 1.807) is 26.2 Å². The SMILES string of the molecule is CN(CC(=O)N(C)C)Cc1coc(-c2cccc(F)c2)n1. The minimum absolute atomic E-state index is 0.0198. The first-order chi connectivity index (χ1) is 9.95. The molecule has 21 heavy (non-hydrogen) atoms. The van der Waals surface area contributed by atoms with Gasteiger partial charge in [-0.2, -0.15) is 0 Å². The minimum Gasteiger partial charge on any atom is -0.444 e.